The third-order valence-corrected chi connectivity index (χ3v) is 5.68. The predicted molar refractivity (Wildman–Crippen MR) is 168 cm³/mol. The molecule has 0 N–H and O–H groups in total. The summed E-state index contributed by atoms with van der Waals surface area (Å²) in [5.74, 6) is 0. The van der Waals surface area contributed by atoms with Crippen LogP contribution in [0.25, 0.3) is 33.7 Å². The molecular weight excluding hydrogens is 420 g/mol. The Kier molecular flexibility index (Phi) is 16.9. The van der Waals surface area contributed by atoms with Crippen LogP contribution < -0.4 is 0 Å². The molecule has 0 fully saturated rings. The Labute approximate surface area is 217 Å². The molecule has 0 aliphatic heterocycles. The second kappa shape index (κ2) is 17.3. The van der Waals surface area contributed by atoms with E-state index in [1.54, 1.807) is 0 Å². The summed E-state index contributed by atoms with van der Waals surface area (Å²) in [5.41, 5.74) is 7.80. The molecule has 0 atom stereocenters. The molecule has 0 bridgehead atoms. The maximum atomic E-state index is 3.80. The lowest BCUT2D eigenvalue weighted by Crippen LogP contribution is -1.90. The zero-order valence-electron chi connectivity index (χ0n) is 22.0. The number of hydrogen-bond donors (Lipinski definition) is 0. The fraction of sp³-hybridized carbons (Fsp3) is 0.314. The summed E-state index contributed by atoms with van der Waals surface area (Å²) >= 11 is 0. The molecule has 4 rings (SSSR count). The van der Waals surface area contributed by atoms with Crippen LogP contribution >= 0.6 is 0 Å². The molecule has 0 heterocycles. The van der Waals surface area contributed by atoms with Crippen LogP contribution in [0.1, 0.15) is 82.9 Å². The lowest BCUT2D eigenvalue weighted by atomic mass is 9.98. The monoisotopic (exact) mass is 470 g/mol. The van der Waals surface area contributed by atoms with Gasteiger partial charge in [0, 0.05) is 0 Å². The van der Waals surface area contributed by atoms with Crippen molar-refractivity contribution in [1.29, 1.82) is 0 Å². The molecule has 0 radical (unpaired) electrons. The smallest absolute Gasteiger partial charge is 0.0175 e. The van der Waals surface area contributed by atoms with Gasteiger partial charge in [-0.2, -0.15) is 0 Å². The van der Waals surface area contributed by atoms with Crippen LogP contribution in [0.4, 0.5) is 0 Å². The third kappa shape index (κ3) is 8.87. The Morgan fingerprint density at radius 2 is 0.971 bits per heavy atom. The van der Waals surface area contributed by atoms with Gasteiger partial charge in [0.05, 0.1) is 0 Å². The lowest BCUT2D eigenvalue weighted by molar-refractivity contribution is 1.11. The van der Waals surface area contributed by atoms with Gasteiger partial charge in [-0.05, 0) is 94.3 Å². The molecule has 0 aliphatic rings. The zero-order valence-corrected chi connectivity index (χ0v) is 22.0. The minimum atomic E-state index is 0. The van der Waals surface area contributed by atoms with Crippen LogP contribution in [0.3, 0.4) is 0 Å². The van der Waals surface area contributed by atoms with Crippen LogP contribution in [0.15, 0.2) is 73.8 Å². The van der Waals surface area contributed by atoms with Gasteiger partial charge in [0.15, 0.2) is 0 Å². The van der Waals surface area contributed by atoms with E-state index in [1.807, 2.05) is 39.8 Å². The second-order valence-corrected chi connectivity index (χ2v) is 7.65. The van der Waals surface area contributed by atoms with E-state index < -0.39 is 0 Å². The summed E-state index contributed by atoms with van der Waals surface area (Å²) in [6, 6.07) is 22.0. The molecule has 0 saturated carbocycles. The molecule has 190 valence electrons. The average molecular weight is 471 g/mol. The van der Waals surface area contributed by atoms with Crippen molar-refractivity contribution in [3.05, 3.63) is 107 Å². The van der Waals surface area contributed by atoms with Crippen molar-refractivity contribution in [2.75, 3.05) is 0 Å². The number of fused-ring (bicyclic) bond motifs is 2. The van der Waals surface area contributed by atoms with E-state index in [9.17, 15) is 0 Å². The Balaban J connectivity index is 0. The van der Waals surface area contributed by atoms with E-state index in [1.165, 1.54) is 54.9 Å². The van der Waals surface area contributed by atoms with Crippen LogP contribution in [-0.2, 0) is 6.42 Å². The Bertz CT molecular complexity index is 1130. The predicted octanol–water partition coefficient (Wildman–Crippen LogP) is 11.8. The van der Waals surface area contributed by atoms with Gasteiger partial charge < -0.3 is 0 Å². The van der Waals surface area contributed by atoms with Crippen molar-refractivity contribution in [2.45, 2.75) is 76.7 Å². The molecule has 0 amide bonds. The van der Waals surface area contributed by atoms with E-state index in [0.717, 1.165) is 6.42 Å². The first-order chi connectivity index (χ1) is 16.0. The maximum Gasteiger partial charge on any atom is -0.0175 e. The fourth-order valence-electron chi connectivity index (χ4n) is 3.75. The average Bonchev–Trinajstić information content (AvgIpc) is 2.86. The van der Waals surface area contributed by atoms with Crippen molar-refractivity contribution >= 4 is 33.7 Å². The number of hydrogen-bond acceptors (Lipinski definition) is 0. The van der Waals surface area contributed by atoms with Gasteiger partial charge >= 0.3 is 0 Å². The lowest BCUT2D eigenvalue weighted by Gasteiger charge is -2.08. The van der Waals surface area contributed by atoms with Crippen LogP contribution in [0.5, 0.6) is 0 Å². The Morgan fingerprint density at radius 1 is 0.571 bits per heavy atom. The first-order valence-corrected chi connectivity index (χ1v) is 12.2. The molecule has 0 nitrogen and oxygen atoms in total. The molecular formula is C35H50. The first kappa shape index (κ1) is 34.0. The summed E-state index contributed by atoms with van der Waals surface area (Å²) in [7, 11) is 0. The minimum absolute atomic E-state index is 0. The van der Waals surface area contributed by atoms with E-state index >= 15 is 0 Å². The van der Waals surface area contributed by atoms with E-state index in [0.29, 0.717) is 0 Å². The number of benzene rings is 4. The molecule has 0 unspecified atom stereocenters. The van der Waals surface area contributed by atoms with Crippen molar-refractivity contribution < 1.29 is 0 Å². The van der Waals surface area contributed by atoms with Crippen molar-refractivity contribution in [1.82, 2.24) is 0 Å². The summed E-state index contributed by atoms with van der Waals surface area (Å²) in [4.78, 5) is 0. The van der Waals surface area contributed by atoms with Gasteiger partial charge in [-0.1, -0.05) is 123 Å². The van der Waals surface area contributed by atoms with Crippen LogP contribution in [-0.4, -0.2) is 0 Å². The van der Waals surface area contributed by atoms with Crippen molar-refractivity contribution in [3.8, 4) is 0 Å². The van der Waals surface area contributed by atoms with Gasteiger partial charge in [0.2, 0.25) is 0 Å². The molecule has 0 saturated heterocycles. The second-order valence-electron chi connectivity index (χ2n) is 7.65. The summed E-state index contributed by atoms with van der Waals surface area (Å²) in [6.45, 7) is 24.2. The summed E-state index contributed by atoms with van der Waals surface area (Å²) in [6.07, 6.45) is 4.84. The molecule has 0 spiro atoms. The topological polar surface area (TPSA) is 0 Å². The van der Waals surface area contributed by atoms with Gasteiger partial charge in [-0.25, -0.2) is 0 Å². The third-order valence-electron chi connectivity index (χ3n) is 5.68. The highest BCUT2D eigenvalue weighted by molar-refractivity contribution is 5.98. The standard InChI is InChI=1S/C16H14.C13H16.2C2H6.2CH4/c1-11-7-15-9-13-5-3-4-6-14(13)10-16(15)8-12(11)2;1-5-11-9-13(7-3)12(6-2)8-10(11)4;2*1-2;;/h3-10H,1-2H3;6-9H,2-3,5H2,1,4H3;2*1-2H3;2*1H4. The largest absolute Gasteiger partial charge is 0.0984 e. The highest BCUT2D eigenvalue weighted by Gasteiger charge is 2.01. The summed E-state index contributed by atoms with van der Waals surface area (Å²) < 4.78 is 0. The summed E-state index contributed by atoms with van der Waals surface area (Å²) in [5, 5.41) is 5.31. The van der Waals surface area contributed by atoms with Gasteiger partial charge in [0.1, 0.15) is 0 Å². The van der Waals surface area contributed by atoms with Crippen LogP contribution in [0.2, 0.25) is 0 Å². The van der Waals surface area contributed by atoms with Crippen molar-refractivity contribution in [2.24, 2.45) is 0 Å². The first-order valence-electron chi connectivity index (χ1n) is 12.2. The SMILES string of the molecule is C.C.C=Cc1cc(C)c(CC)cc1C=C.CC.CC.Cc1cc2cc3ccccc3cc2cc1C. The fourth-order valence-corrected chi connectivity index (χ4v) is 3.75. The molecule has 4 aromatic rings. The minimum Gasteiger partial charge on any atom is -0.0984 e. The molecule has 4 aromatic carbocycles. The quantitative estimate of drug-likeness (QED) is 0.261. The van der Waals surface area contributed by atoms with E-state index in [-0.39, 0.29) is 14.9 Å². The van der Waals surface area contributed by atoms with E-state index in [4.69, 9.17) is 0 Å². The Morgan fingerprint density at radius 3 is 1.34 bits per heavy atom. The van der Waals surface area contributed by atoms with Gasteiger partial charge in [-0.3, -0.25) is 0 Å². The molecule has 0 heteroatoms. The highest BCUT2D eigenvalue weighted by Crippen LogP contribution is 2.25. The zero-order chi connectivity index (χ0) is 25.0. The maximum absolute atomic E-state index is 3.80. The normalized spacial score (nSPS) is 9.03. The molecule has 0 aliphatic carbocycles. The highest BCUT2D eigenvalue weighted by atomic mass is 14.1. The molecule has 35 heavy (non-hydrogen) atoms. The van der Waals surface area contributed by atoms with Crippen LogP contribution in [0, 0.1) is 20.8 Å². The van der Waals surface area contributed by atoms with E-state index in [2.05, 4.69) is 102 Å². The van der Waals surface area contributed by atoms with Gasteiger partial charge in [0.25, 0.3) is 0 Å². The molecule has 0 aromatic heterocycles. The Hall–Kier alpha value is -3.12. The number of rotatable bonds is 3. The van der Waals surface area contributed by atoms with Gasteiger partial charge in [-0.15, -0.1) is 0 Å². The number of aryl methyl sites for hydroxylation is 4. The van der Waals surface area contributed by atoms with Crippen molar-refractivity contribution in [3.63, 3.8) is 0 Å².